The van der Waals surface area contributed by atoms with Crippen LogP contribution in [0, 0.1) is 0 Å². The van der Waals surface area contributed by atoms with E-state index in [0.29, 0.717) is 5.39 Å². The summed E-state index contributed by atoms with van der Waals surface area (Å²) in [6, 6.07) is 10.1. The third-order valence-corrected chi connectivity index (χ3v) is 3.41. The number of aromatic nitrogens is 2. The van der Waals surface area contributed by atoms with Gasteiger partial charge in [-0.2, -0.15) is 13.2 Å². The predicted molar refractivity (Wildman–Crippen MR) is 84.3 cm³/mol. The van der Waals surface area contributed by atoms with Crippen LogP contribution in [0.5, 0.6) is 0 Å². The number of rotatable bonds is 3. The van der Waals surface area contributed by atoms with Gasteiger partial charge in [0.05, 0.1) is 11.1 Å². The number of para-hydroxylation sites is 1. The topological polar surface area (TPSA) is 42.9 Å². The summed E-state index contributed by atoms with van der Waals surface area (Å²) in [4.78, 5) is 20.0. The second-order valence-electron chi connectivity index (χ2n) is 5.05. The van der Waals surface area contributed by atoms with Gasteiger partial charge in [-0.25, -0.2) is 4.98 Å². The fourth-order valence-electron chi connectivity index (χ4n) is 2.24. The molecule has 0 aliphatic rings. The lowest BCUT2D eigenvalue weighted by atomic mass is 10.1. The average Bonchev–Trinajstić information content (AvgIpc) is 2.58. The van der Waals surface area contributed by atoms with Crippen LogP contribution in [0.1, 0.15) is 21.6 Å². The number of alkyl halides is 3. The van der Waals surface area contributed by atoms with E-state index in [0.717, 1.165) is 11.6 Å². The zero-order chi connectivity index (χ0) is 17.2. The number of nitrogens with zero attached hydrogens (tertiary/aromatic N) is 2. The molecule has 6 heteroatoms. The lowest BCUT2D eigenvalue weighted by Gasteiger charge is -2.10. The first-order valence-corrected chi connectivity index (χ1v) is 7.04. The van der Waals surface area contributed by atoms with E-state index in [2.05, 4.69) is 9.97 Å². The molecule has 3 aromatic rings. The molecule has 0 atom stereocenters. The molecule has 120 valence electrons. The molecular weight excluding hydrogens is 317 g/mol. The minimum Gasteiger partial charge on any atom is -0.288 e. The Morgan fingerprint density at radius 2 is 1.75 bits per heavy atom. The van der Waals surface area contributed by atoms with Crippen molar-refractivity contribution < 1.29 is 18.0 Å². The number of hydrogen-bond donors (Lipinski definition) is 0. The van der Waals surface area contributed by atoms with Gasteiger partial charge in [-0.3, -0.25) is 9.78 Å². The van der Waals surface area contributed by atoms with E-state index in [-0.39, 0.29) is 11.2 Å². The van der Waals surface area contributed by atoms with Crippen LogP contribution < -0.4 is 0 Å². The van der Waals surface area contributed by atoms with E-state index in [9.17, 15) is 18.0 Å². The molecule has 3 rings (SSSR count). The number of halogens is 3. The van der Waals surface area contributed by atoms with Crippen molar-refractivity contribution in [3.8, 4) is 0 Å². The van der Waals surface area contributed by atoms with Crippen LogP contribution in [0.15, 0.2) is 60.9 Å². The summed E-state index contributed by atoms with van der Waals surface area (Å²) in [7, 11) is 0. The average molecular weight is 328 g/mol. The summed E-state index contributed by atoms with van der Waals surface area (Å²) in [6.07, 6.45) is 1.47. The Bertz CT molecular complexity index is 918. The molecule has 2 heterocycles. The fraction of sp³-hybridized carbons (Fsp3) is 0.0556. The second kappa shape index (κ2) is 6.23. The van der Waals surface area contributed by atoms with Gasteiger partial charge in [0.1, 0.15) is 5.69 Å². The maximum absolute atomic E-state index is 13.1. The molecule has 0 spiro atoms. The largest absolute Gasteiger partial charge is 0.418 e. The molecule has 0 bridgehead atoms. The molecule has 3 nitrogen and oxygen atoms in total. The van der Waals surface area contributed by atoms with Gasteiger partial charge < -0.3 is 0 Å². The molecule has 24 heavy (non-hydrogen) atoms. The second-order valence-corrected chi connectivity index (χ2v) is 5.05. The molecule has 0 fully saturated rings. The maximum Gasteiger partial charge on any atom is 0.418 e. The highest BCUT2D eigenvalue weighted by atomic mass is 19.4. The number of fused-ring (bicyclic) bond motifs is 1. The van der Waals surface area contributed by atoms with Crippen LogP contribution in [-0.2, 0) is 6.18 Å². The molecular formula is C18H11F3N2O. The van der Waals surface area contributed by atoms with Gasteiger partial charge >= 0.3 is 6.18 Å². The number of hydrogen-bond acceptors (Lipinski definition) is 3. The number of benzene rings is 1. The summed E-state index contributed by atoms with van der Waals surface area (Å²) < 4.78 is 39.2. The first kappa shape index (κ1) is 15.9. The van der Waals surface area contributed by atoms with Crippen LogP contribution >= 0.6 is 0 Å². The quantitative estimate of drug-likeness (QED) is 0.523. The first-order valence-electron chi connectivity index (χ1n) is 7.04. The highest BCUT2D eigenvalue weighted by Gasteiger charge is 2.33. The third kappa shape index (κ3) is 3.32. The lowest BCUT2D eigenvalue weighted by molar-refractivity contribution is -0.136. The van der Waals surface area contributed by atoms with Crippen molar-refractivity contribution in [2.24, 2.45) is 0 Å². The van der Waals surface area contributed by atoms with Crippen LogP contribution in [0.25, 0.3) is 17.0 Å². The van der Waals surface area contributed by atoms with E-state index in [1.54, 1.807) is 30.6 Å². The van der Waals surface area contributed by atoms with Crippen molar-refractivity contribution in [3.05, 3.63) is 77.8 Å². The first-order chi connectivity index (χ1) is 11.4. The SMILES string of the molecule is O=C(C=Cc1ccncc1)c1ccc2cccc(C(F)(F)F)c2n1. The lowest BCUT2D eigenvalue weighted by Crippen LogP contribution is -2.08. The smallest absolute Gasteiger partial charge is 0.288 e. The highest BCUT2D eigenvalue weighted by Crippen LogP contribution is 2.33. The standard InChI is InChI=1S/C18H11F3N2O/c19-18(20,21)14-3-1-2-13-5-6-15(23-17(13)14)16(24)7-4-12-8-10-22-11-9-12/h1-11H. The number of carbonyl (C=O) groups is 1. The van der Waals surface area contributed by atoms with Crippen molar-refractivity contribution in [1.29, 1.82) is 0 Å². The zero-order valence-corrected chi connectivity index (χ0v) is 12.3. The Morgan fingerprint density at radius 1 is 1.00 bits per heavy atom. The monoisotopic (exact) mass is 328 g/mol. The molecule has 2 aromatic heterocycles. The van der Waals surface area contributed by atoms with Gasteiger partial charge in [-0.15, -0.1) is 0 Å². The number of ketones is 1. The summed E-state index contributed by atoms with van der Waals surface area (Å²) >= 11 is 0. The van der Waals surface area contributed by atoms with E-state index < -0.39 is 17.5 Å². The van der Waals surface area contributed by atoms with Gasteiger partial charge in [-0.05, 0) is 35.9 Å². The Labute approximate surface area is 135 Å². The van der Waals surface area contributed by atoms with Crippen LogP contribution in [0.4, 0.5) is 13.2 Å². The minimum atomic E-state index is -4.53. The normalized spacial score (nSPS) is 12.0. The molecule has 1 aromatic carbocycles. The number of carbonyl (C=O) groups excluding carboxylic acids is 1. The van der Waals surface area contributed by atoms with E-state index in [1.807, 2.05) is 0 Å². The van der Waals surface area contributed by atoms with Gasteiger partial charge in [0.15, 0.2) is 0 Å². The Balaban J connectivity index is 1.98. The molecule has 0 saturated carbocycles. The van der Waals surface area contributed by atoms with Crippen LogP contribution in [0.2, 0.25) is 0 Å². The molecule has 0 aliphatic carbocycles. The summed E-state index contributed by atoms with van der Waals surface area (Å²) in [6.45, 7) is 0. The van der Waals surface area contributed by atoms with Gasteiger partial charge in [-0.1, -0.05) is 24.3 Å². The number of pyridine rings is 2. The van der Waals surface area contributed by atoms with Gasteiger partial charge in [0, 0.05) is 17.8 Å². The van der Waals surface area contributed by atoms with Gasteiger partial charge in [0.2, 0.25) is 5.78 Å². The summed E-state index contributed by atoms with van der Waals surface area (Å²) in [5, 5.41) is 0.333. The van der Waals surface area contributed by atoms with Crippen molar-refractivity contribution in [2.75, 3.05) is 0 Å². The fourth-order valence-corrected chi connectivity index (χ4v) is 2.24. The molecule has 0 radical (unpaired) electrons. The van der Waals surface area contributed by atoms with E-state index >= 15 is 0 Å². The Morgan fingerprint density at radius 3 is 2.46 bits per heavy atom. The maximum atomic E-state index is 13.1. The van der Waals surface area contributed by atoms with Gasteiger partial charge in [0.25, 0.3) is 0 Å². The molecule has 0 N–H and O–H groups in total. The van der Waals surface area contributed by atoms with Crippen molar-refractivity contribution >= 4 is 22.8 Å². The van der Waals surface area contributed by atoms with Crippen LogP contribution in [0.3, 0.4) is 0 Å². The molecule has 0 saturated heterocycles. The minimum absolute atomic E-state index is 0.0375. The molecule has 0 unspecified atom stereocenters. The van der Waals surface area contributed by atoms with Crippen molar-refractivity contribution in [1.82, 2.24) is 9.97 Å². The van der Waals surface area contributed by atoms with Crippen molar-refractivity contribution in [3.63, 3.8) is 0 Å². The molecule has 0 amide bonds. The predicted octanol–water partition coefficient (Wildman–Crippen LogP) is 4.54. The zero-order valence-electron chi connectivity index (χ0n) is 12.3. The summed E-state index contributed by atoms with van der Waals surface area (Å²) in [5.41, 5.74) is -0.361. The Kier molecular flexibility index (Phi) is 4.12. The molecule has 0 aliphatic heterocycles. The van der Waals surface area contributed by atoms with Crippen LogP contribution in [-0.4, -0.2) is 15.8 Å². The van der Waals surface area contributed by atoms with Crippen molar-refractivity contribution in [2.45, 2.75) is 6.18 Å². The van der Waals surface area contributed by atoms with E-state index in [4.69, 9.17) is 0 Å². The van der Waals surface area contributed by atoms with E-state index in [1.165, 1.54) is 30.3 Å². The summed E-state index contributed by atoms with van der Waals surface area (Å²) in [5.74, 6) is -0.467. The highest BCUT2D eigenvalue weighted by molar-refractivity contribution is 6.06. The third-order valence-electron chi connectivity index (χ3n) is 3.41. The number of allylic oxidation sites excluding steroid dienone is 1. The Hall–Kier alpha value is -3.02.